The van der Waals surface area contributed by atoms with Crippen molar-refractivity contribution >= 4 is 17.6 Å². The highest BCUT2D eigenvalue weighted by Crippen LogP contribution is 2.41. The number of carbonyl (C=O) groups excluding carboxylic acids is 1. The van der Waals surface area contributed by atoms with Crippen molar-refractivity contribution in [3.63, 3.8) is 0 Å². The maximum absolute atomic E-state index is 13.2. The normalized spacial score (nSPS) is 12.4. The molecule has 2 heterocycles. The summed E-state index contributed by atoms with van der Waals surface area (Å²) in [6, 6.07) is 1.03. The molecule has 0 aliphatic rings. The molecule has 0 radical (unpaired) electrons. The summed E-state index contributed by atoms with van der Waals surface area (Å²) in [6.07, 6.45) is -3.94. The van der Waals surface area contributed by atoms with Gasteiger partial charge in [-0.2, -0.15) is 22.0 Å². The second-order valence-corrected chi connectivity index (χ2v) is 7.31. The number of carbonyl (C=O) groups is 1. The number of halogens is 6. The van der Waals surface area contributed by atoms with E-state index >= 15 is 0 Å². The smallest absolute Gasteiger partial charge is 0.394 e. The Kier molecular flexibility index (Phi) is 6.95. The highest BCUT2D eigenvalue weighted by molar-refractivity contribution is 6.32. The maximum Gasteiger partial charge on any atom is 0.394 e. The highest BCUT2D eigenvalue weighted by Gasteiger charge is 2.47. The molecule has 0 saturated carbocycles. The number of pyridine rings is 1. The first kappa shape index (κ1) is 23.8. The molecule has 0 N–H and O–H groups in total. The van der Waals surface area contributed by atoms with E-state index < -0.39 is 36.3 Å². The first-order valence-corrected chi connectivity index (χ1v) is 9.09. The molecule has 0 fully saturated rings. The molecule has 30 heavy (non-hydrogen) atoms. The molecule has 0 atom stereocenters. The highest BCUT2D eigenvalue weighted by atomic mass is 35.5. The van der Waals surface area contributed by atoms with Crippen LogP contribution in [0.3, 0.4) is 0 Å². The Labute approximate surface area is 174 Å². The summed E-state index contributed by atoms with van der Waals surface area (Å²) in [5.74, 6) is -1.49. The number of hydrogen-bond donors (Lipinski definition) is 0. The molecule has 2 aromatic rings. The van der Waals surface area contributed by atoms with E-state index in [9.17, 15) is 26.7 Å². The zero-order chi connectivity index (χ0) is 22.9. The molecule has 166 valence electrons. The van der Waals surface area contributed by atoms with Gasteiger partial charge < -0.3 is 9.47 Å². The van der Waals surface area contributed by atoms with Gasteiger partial charge in [-0.25, -0.2) is 14.8 Å². The average Bonchev–Trinajstić information content (AvgIpc) is 2.88. The van der Waals surface area contributed by atoms with Crippen LogP contribution < -0.4 is 4.74 Å². The number of ether oxygens (including phenoxy) is 2. The minimum atomic E-state index is -4.52. The Morgan fingerprint density at radius 1 is 1.30 bits per heavy atom. The molecule has 12 heteroatoms. The third-order valence-electron chi connectivity index (χ3n) is 4.19. The predicted molar refractivity (Wildman–Crippen MR) is 97.2 cm³/mol. The van der Waals surface area contributed by atoms with Crippen molar-refractivity contribution in [1.82, 2.24) is 14.5 Å². The SMILES string of the molecule is CCOC(=O)c1nc(C)n(-c2ncc(CC(C)(C)C(F)(F)F)cc2OC(F)F)c1Cl. The van der Waals surface area contributed by atoms with Crippen molar-refractivity contribution in [3.8, 4) is 11.6 Å². The Morgan fingerprint density at radius 3 is 2.47 bits per heavy atom. The second kappa shape index (κ2) is 8.75. The van der Waals surface area contributed by atoms with E-state index in [1.165, 1.54) is 6.92 Å². The molecule has 0 aromatic carbocycles. The number of imidazole rings is 1. The van der Waals surface area contributed by atoms with Gasteiger partial charge in [-0.3, -0.25) is 4.57 Å². The van der Waals surface area contributed by atoms with Crippen molar-refractivity contribution in [2.24, 2.45) is 5.41 Å². The number of esters is 1. The van der Waals surface area contributed by atoms with Gasteiger partial charge in [0, 0.05) is 6.20 Å². The lowest BCUT2D eigenvalue weighted by molar-refractivity contribution is -0.211. The third-order valence-corrected chi connectivity index (χ3v) is 4.54. The van der Waals surface area contributed by atoms with E-state index in [-0.39, 0.29) is 34.7 Å². The van der Waals surface area contributed by atoms with E-state index in [0.717, 1.165) is 30.7 Å². The lowest BCUT2D eigenvalue weighted by atomic mass is 9.85. The van der Waals surface area contributed by atoms with Crippen LogP contribution in [0, 0.1) is 12.3 Å². The molecule has 0 spiro atoms. The van der Waals surface area contributed by atoms with Crippen LogP contribution in [0.15, 0.2) is 12.3 Å². The monoisotopic (exact) mass is 455 g/mol. The summed E-state index contributed by atoms with van der Waals surface area (Å²) >= 11 is 6.18. The lowest BCUT2D eigenvalue weighted by Crippen LogP contribution is -2.34. The summed E-state index contributed by atoms with van der Waals surface area (Å²) in [5, 5.41) is -0.263. The molecule has 0 bridgehead atoms. The van der Waals surface area contributed by atoms with Gasteiger partial charge in [0.1, 0.15) is 11.0 Å². The lowest BCUT2D eigenvalue weighted by Gasteiger charge is -2.27. The van der Waals surface area contributed by atoms with Crippen LogP contribution in [0.2, 0.25) is 5.15 Å². The Hall–Kier alpha value is -2.43. The quantitative estimate of drug-likeness (QED) is 0.427. The molecular weight excluding hydrogens is 437 g/mol. The second-order valence-electron chi connectivity index (χ2n) is 6.96. The van der Waals surface area contributed by atoms with Gasteiger partial charge in [-0.15, -0.1) is 0 Å². The van der Waals surface area contributed by atoms with Crippen molar-refractivity contribution < 1.29 is 36.2 Å². The van der Waals surface area contributed by atoms with Crippen molar-refractivity contribution in [1.29, 1.82) is 0 Å². The van der Waals surface area contributed by atoms with E-state index in [1.807, 2.05) is 0 Å². The molecule has 6 nitrogen and oxygen atoms in total. The summed E-state index contributed by atoms with van der Waals surface area (Å²) in [4.78, 5) is 19.9. The van der Waals surface area contributed by atoms with Crippen LogP contribution in [0.25, 0.3) is 5.82 Å². The molecule has 0 saturated heterocycles. The van der Waals surface area contributed by atoms with Crippen LogP contribution >= 0.6 is 11.6 Å². The largest absolute Gasteiger partial charge is 0.461 e. The summed E-state index contributed by atoms with van der Waals surface area (Å²) in [5.41, 5.74) is -2.36. The van der Waals surface area contributed by atoms with Gasteiger partial charge >= 0.3 is 18.8 Å². The van der Waals surface area contributed by atoms with Gasteiger partial charge in [0.25, 0.3) is 0 Å². The Bertz CT molecular complexity index is 929. The standard InChI is InChI=1S/C18H19ClF5N3O3/c1-5-29-15(28)12-13(19)27(9(2)26-12)14-11(30-16(20)21)6-10(8-25-14)7-17(3,4)18(22,23)24/h6,8,16H,5,7H2,1-4H3. The molecule has 0 aliphatic heterocycles. The summed E-state index contributed by atoms with van der Waals surface area (Å²) in [7, 11) is 0. The van der Waals surface area contributed by atoms with Crippen LogP contribution in [0.1, 0.15) is 42.6 Å². The number of rotatable bonds is 7. The fourth-order valence-electron chi connectivity index (χ4n) is 2.62. The van der Waals surface area contributed by atoms with Gasteiger partial charge in [0.2, 0.25) is 0 Å². The van der Waals surface area contributed by atoms with Crippen molar-refractivity contribution in [3.05, 3.63) is 34.5 Å². The summed E-state index contributed by atoms with van der Waals surface area (Å²) < 4.78 is 75.8. The number of aromatic nitrogens is 3. The van der Waals surface area contributed by atoms with E-state index in [1.54, 1.807) is 6.92 Å². The third kappa shape index (κ3) is 5.00. The molecule has 0 aliphatic carbocycles. The fourth-order valence-corrected chi connectivity index (χ4v) is 2.94. The Morgan fingerprint density at radius 2 is 1.93 bits per heavy atom. The number of alkyl halides is 5. The van der Waals surface area contributed by atoms with Crippen LogP contribution in [0.5, 0.6) is 5.75 Å². The predicted octanol–water partition coefficient (Wildman–Crippen LogP) is 5.14. The molecule has 0 unspecified atom stereocenters. The Balaban J connectivity index is 2.55. The van der Waals surface area contributed by atoms with E-state index in [2.05, 4.69) is 14.7 Å². The summed E-state index contributed by atoms with van der Waals surface area (Å²) in [6.45, 7) is 1.76. The van der Waals surface area contributed by atoms with Gasteiger partial charge in [0.05, 0.1) is 12.0 Å². The topological polar surface area (TPSA) is 66.2 Å². The van der Waals surface area contributed by atoms with Crippen molar-refractivity contribution in [2.45, 2.75) is 46.9 Å². The van der Waals surface area contributed by atoms with Crippen LogP contribution in [-0.2, 0) is 11.2 Å². The van der Waals surface area contributed by atoms with Gasteiger partial charge in [-0.05, 0) is 31.9 Å². The zero-order valence-corrected chi connectivity index (χ0v) is 17.2. The minimum Gasteiger partial charge on any atom is -0.461 e. The van der Waals surface area contributed by atoms with Gasteiger partial charge in [-0.1, -0.05) is 25.4 Å². The first-order chi connectivity index (χ1) is 13.8. The van der Waals surface area contributed by atoms with Gasteiger partial charge in [0.15, 0.2) is 17.3 Å². The van der Waals surface area contributed by atoms with Crippen molar-refractivity contribution in [2.75, 3.05) is 6.61 Å². The van der Waals surface area contributed by atoms with E-state index in [0.29, 0.717) is 0 Å². The molecule has 2 aromatic heterocycles. The molecule has 0 amide bonds. The average molecular weight is 456 g/mol. The first-order valence-electron chi connectivity index (χ1n) is 8.71. The number of aryl methyl sites for hydroxylation is 1. The fraction of sp³-hybridized carbons (Fsp3) is 0.500. The van der Waals surface area contributed by atoms with E-state index in [4.69, 9.17) is 16.3 Å². The number of hydrogen-bond acceptors (Lipinski definition) is 5. The van der Waals surface area contributed by atoms with Crippen LogP contribution in [0.4, 0.5) is 22.0 Å². The minimum absolute atomic E-state index is 0.0243. The number of nitrogens with zero attached hydrogens (tertiary/aromatic N) is 3. The van der Waals surface area contributed by atoms with Crippen LogP contribution in [-0.4, -0.2) is 39.9 Å². The molecular formula is C18H19ClF5N3O3. The zero-order valence-electron chi connectivity index (χ0n) is 16.5. The molecule has 2 rings (SSSR count). The maximum atomic E-state index is 13.2.